The van der Waals surface area contributed by atoms with Crippen LogP contribution in [-0.4, -0.2) is 52.8 Å². The highest BCUT2D eigenvalue weighted by Gasteiger charge is 2.36. The Bertz CT molecular complexity index is 1090. The Morgan fingerprint density at radius 2 is 1.44 bits per heavy atom. The van der Waals surface area contributed by atoms with Gasteiger partial charge in [0, 0.05) is 25.2 Å². The van der Waals surface area contributed by atoms with Crippen LogP contribution in [0.15, 0.2) is 48.5 Å². The topological polar surface area (TPSA) is 82.1 Å². The van der Waals surface area contributed by atoms with Crippen molar-refractivity contribution in [3.8, 4) is 11.8 Å². The Balaban J connectivity index is 0.000000416. The smallest absolute Gasteiger partial charge is 0.309 e. The molecule has 0 saturated heterocycles. The van der Waals surface area contributed by atoms with Crippen LogP contribution in [0, 0.1) is 11.8 Å². The van der Waals surface area contributed by atoms with E-state index in [9.17, 15) is 9.59 Å². The van der Waals surface area contributed by atoms with Crippen molar-refractivity contribution in [2.45, 2.75) is 77.4 Å². The summed E-state index contributed by atoms with van der Waals surface area (Å²) in [5, 5.41) is 8.91. The van der Waals surface area contributed by atoms with E-state index in [-0.39, 0.29) is 30.0 Å². The number of hydrogen-bond donors (Lipinski definition) is 1. The van der Waals surface area contributed by atoms with Crippen LogP contribution >= 0.6 is 0 Å². The van der Waals surface area contributed by atoms with E-state index in [1.807, 2.05) is 48.5 Å². The number of rotatable bonds is 11. The predicted molar refractivity (Wildman–Crippen MR) is 159 cm³/mol. The molecule has 214 valence electrons. The zero-order valence-electron chi connectivity index (χ0n) is 24.8. The Morgan fingerprint density at radius 3 is 2.00 bits per heavy atom. The average molecular weight is 555 g/mol. The predicted octanol–water partition coefficient (Wildman–Crippen LogP) is 5.88. The van der Waals surface area contributed by atoms with E-state index in [4.69, 9.17) is 9.53 Å². The number of hydrogen-bond acceptors (Lipinski definition) is 6. The molecule has 0 fully saturated rings. The van der Waals surface area contributed by atoms with Gasteiger partial charge < -0.3 is 19.0 Å². The molecule has 0 aliphatic heterocycles. The van der Waals surface area contributed by atoms with Gasteiger partial charge in [-0.2, -0.15) is 0 Å². The molecule has 6 nitrogen and oxygen atoms in total. The Hall–Kier alpha value is -2.92. The third-order valence-electron chi connectivity index (χ3n) is 6.67. The lowest BCUT2D eigenvalue weighted by molar-refractivity contribution is -0.140. The molecule has 2 aromatic rings. The number of benzene rings is 2. The van der Waals surface area contributed by atoms with E-state index < -0.39 is 8.32 Å². The maximum Gasteiger partial charge on any atom is 0.309 e. The van der Waals surface area contributed by atoms with E-state index in [0.29, 0.717) is 19.4 Å². The third kappa shape index (κ3) is 14.2. The van der Waals surface area contributed by atoms with Crippen LogP contribution in [-0.2, 0) is 42.8 Å². The second-order valence-electron chi connectivity index (χ2n) is 10.9. The van der Waals surface area contributed by atoms with E-state index in [1.54, 1.807) is 0 Å². The number of aryl methyl sites for hydroxylation is 1. The molecule has 0 aromatic heterocycles. The van der Waals surface area contributed by atoms with Crippen LogP contribution in [0.25, 0.3) is 0 Å². The van der Waals surface area contributed by atoms with Crippen LogP contribution in [0.4, 0.5) is 0 Å². The summed E-state index contributed by atoms with van der Waals surface area (Å²) in [6, 6.07) is 15.6. The number of ether oxygens (including phenoxy) is 2. The Morgan fingerprint density at radius 1 is 0.872 bits per heavy atom. The number of carbonyl (C=O) groups is 2. The average Bonchev–Trinajstić information content (AvgIpc) is 2.88. The van der Waals surface area contributed by atoms with E-state index >= 15 is 0 Å². The van der Waals surface area contributed by atoms with Gasteiger partial charge in [0.15, 0.2) is 8.32 Å². The zero-order valence-corrected chi connectivity index (χ0v) is 25.8. The molecule has 0 aliphatic carbocycles. The van der Waals surface area contributed by atoms with Crippen molar-refractivity contribution >= 4 is 20.3 Å². The number of aliphatic hydroxyl groups is 1. The molecule has 0 unspecified atom stereocenters. The van der Waals surface area contributed by atoms with Gasteiger partial charge in [-0.15, -0.1) is 0 Å². The van der Waals surface area contributed by atoms with Gasteiger partial charge in [0.1, 0.15) is 0 Å². The molecule has 0 heterocycles. The molecule has 0 aliphatic rings. The van der Waals surface area contributed by atoms with Gasteiger partial charge in [-0.25, -0.2) is 0 Å². The van der Waals surface area contributed by atoms with Crippen LogP contribution in [0.5, 0.6) is 0 Å². The van der Waals surface area contributed by atoms with E-state index in [2.05, 4.69) is 55.2 Å². The molecular formula is C32H46O6Si. The summed E-state index contributed by atoms with van der Waals surface area (Å²) < 4.78 is 15.4. The van der Waals surface area contributed by atoms with Gasteiger partial charge in [0.05, 0.1) is 27.1 Å². The molecule has 0 radical (unpaired) electrons. The highest BCUT2D eigenvalue weighted by molar-refractivity contribution is 6.74. The van der Waals surface area contributed by atoms with Crippen LogP contribution < -0.4 is 0 Å². The van der Waals surface area contributed by atoms with Gasteiger partial charge in [-0.1, -0.05) is 69.0 Å². The maximum absolute atomic E-state index is 11.3. The fourth-order valence-corrected chi connectivity index (χ4v) is 4.36. The van der Waals surface area contributed by atoms with Crippen molar-refractivity contribution in [2.75, 3.05) is 27.4 Å². The van der Waals surface area contributed by atoms with Gasteiger partial charge in [-0.3, -0.25) is 9.59 Å². The summed E-state index contributed by atoms with van der Waals surface area (Å²) in [4.78, 5) is 22.4. The molecule has 7 heteroatoms. The lowest BCUT2D eigenvalue weighted by Crippen LogP contribution is -2.40. The minimum atomic E-state index is -1.68. The van der Waals surface area contributed by atoms with Crippen LogP contribution in [0.2, 0.25) is 18.1 Å². The van der Waals surface area contributed by atoms with Crippen molar-refractivity contribution in [1.82, 2.24) is 0 Å². The molecule has 0 amide bonds. The van der Waals surface area contributed by atoms with Crippen molar-refractivity contribution in [2.24, 2.45) is 0 Å². The molecule has 0 bridgehead atoms. The number of unbranched alkanes of at least 4 members (excludes halogenated alkanes) is 1. The second kappa shape index (κ2) is 17.6. The van der Waals surface area contributed by atoms with Gasteiger partial charge in [0.2, 0.25) is 0 Å². The van der Waals surface area contributed by atoms with Gasteiger partial charge in [-0.05, 0) is 66.2 Å². The van der Waals surface area contributed by atoms with Gasteiger partial charge in [0.25, 0.3) is 0 Å². The highest BCUT2D eigenvalue weighted by atomic mass is 28.4. The van der Waals surface area contributed by atoms with E-state index in [1.165, 1.54) is 19.8 Å². The minimum Gasteiger partial charge on any atom is -0.469 e. The summed E-state index contributed by atoms with van der Waals surface area (Å²) in [5.74, 6) is 5.83. The van der Waals surface area contributed by atoms with E-state index in [0.717, 1.165) is 36.0 Å². The third-order valence-corrected chi connectivity index (χ3v) is 11.2. The monoisotopic (exact) mass is 554 g/mol. The number of methoxy groups -OCH3 is 2. The zero-order chi connectivity index (χ0) is 29.3. The van der Waals surface area contributed by atoms with Crippen LogP contribution in [0.1, 0.15) is 62.3 Å². The largest absolute Gasteiger partial charge is 0.469 e. The quantitative estimate of drug-likeness (QED) is 0.162. The number of esters is 2. The first kappa shape index (κ1) is 34.1. The molecular weight excluding hydrogens is 508 g/mol. The molecule has 39 heavy (non-hydrogen) atoms. The summed E-state index contributed by atoms with van der Waals surface area (Å²) in [6.07, 6.45) is 4.05. The summed E-state index contributed by atoms with van der Waals surface area (Å²) >= 11 is 0. The first-order chi connectivity index (χ1) is 18.4. The van der Waals surface area contributed by atoms with Crippen molar-refractivity contribution in [3.63, 3.8) is 0 Å². The second-order valence-corrected chi connectivity index (χ2v) is 15.7. The van der Waals surface area contributed by atoms with Crippen LogP contribution in [0.3, 0.4) is 0 Å². The summed E-state index contributed by atoms with van der Waals surface area (Å²) in [7, 11) is 1.11. The minimum absolute atomic E-state index is 0.215. The highest BCUT2D eigenvalue weighted by Crippen LogP contribution is 2.36. The summed E-state index contributed by atoms with van der Waals surface area (Å²) in [5.41, 5.74) is 4.02. The normalized spacial score (nSPS) is 11.0. The van der Waals surface area contributed by atoms with Gasteiger partial charge >= 0.3 is 11.9 Å². The van der Waals surface area contributed by atoms with Crippen molar-refractivity contribution < 1.29 is 28.6 Å². The fourth-order valence-electron chi connectivity index (χ4n) is 3.31. The lowest BCUT2D eigenvalue weighted by Gasteiger charge is -2.35. The molecule has 0 saturated carbocycles. The number of carbonyl (C=O) groups excluding carboxylic acids is 2. The molecule has 0 spiro atoms. The maximum atomic E-state index is 11.3. The fraction of sp³-hybridized carbons (Fsp3) is 0.500. The standard InChI is InChI=1S/C19H28O3Si.C13H18O3/c1-19(2,3)23(5,6)22-13-8-7-10-16-11-9-12-17(14-16)15-18(20)21-4;1-16-13(15)10-12-7-4-6-11(9-12)5-2-3-8-14/h9,11-12,14H,8,13,15H2,1-6H3;4,6-7,9,14H,2-3,5,8,10H2,1H3. The first-order valence-corrected chi connectivity index (χ1v) is 16.4. The summed E-state index contributed by atoms with van der Waals surface area (Å²) in [6.45, 7) is 12.1. The molecule has 1 N–H and O–H groups in total. The molecule has 2 rings (SSSR count). The molecule has 0 atom stereocenters. The molecule has 2 aromatic carbocycles. The first-order valence-electron chi connectivity index (χ1n) is 13.5. The Labute approximate surface area is 236 Å². The lowest BCUT2D eigenvalue weighted by atomic mass is 10.0. The number of aliphatic hydroxyl groups excluding tert-OH is 1. The van der Waals surface area contributed by atoms with Crippen molar-refractivity contribution in [1.29, 1.82) is 0 Å². The SMILES string of the molecule is COC(=O)Cc1cccc(C#CCCO[Si](C)(C)C(C)(C)C)c1.COC(=O)Cc1cccc(CCCCO)c1. The van der Waals surface area contributed by atoms with Crippen molar-refractivity contribution in [3.05, 3.63) is 70.8 Å². The Kier molecular flexibility index (Phi) is 15.4.